The molecule has 1 fully saturated rings. The summed E-state index contributed by atoms with van der Waals surface area (Å²) in [5.41, 5.74) is 0. The van der Waals surface area contributed by atoms with Crippen LogP contribution in [0.2, 0.25) is 0 Å². The first-order chi connectivity index (χ1) is 6.36. The molecule has 0 aromatic carbocycles. The maximum Gasteiger partial charge on any atom is 0.129 e. The number of hydrogen-bond donors (Lipinski definition) is 0. The molecule has 2 rings (SSSR count). The Labute approximate surface area is 79.6 Å². The van der Waals surface area contributed by atoms with Crippen molar-refractivity contribution in [2.45, 2.75) is 19.8 Å². The molecule has 1 unspecified atom stereocenters. The number of aromatic nitrogens is 1. The average Bonchev–Trinajstić information content (AvgIpc) is 2.19. The Morgan fingerprint density at radius 3 is 3.23 bits per heavy atom. The lowest BCUT2D eigenvalue weighted by molar-refractivity contribution is 0.444. The van der Waals surface area contributed by atoms with Gasteiger partial charge in [-0.15, -0.1) is 0 Å². The molecular formula is C11H15N2. The van der Waals surface area contributed by atoms with Crippen molar-refractivity contribution in [2.24, 2.45) is 5.92 Å². The number of rotatable bonds is 1. The maximum absolute atomic E-state index is 4.33. The highest BCUT2D eigenvalue weighted by atomic mass is 15.2. The van der Waals surface area contributed by atoms with Crippen molar-refractivity contribution < 1.29 is 0 Å². The molecule has 2 heteroatoms. The molecule has 2 heterocycles. The summed E-state index contributed by atoms with van der Waals surface area (Å²) >= 11 is 0. The first-order valence-electron chi connectivity index (χ1n) is 4.93. The molecule has 0 spiro atoms. The van der Waals surface area contributed by atoms with Crippen LogP contribution in [0.4, 0.5) is 5.82 Å². The van der Waals surface area contributed by atoms with Crippen LogP contribution in [0.1, 0.15) is 19.8 Å². The van der Waals surface area contributed by atoms with E-state index in [2.05, 4.69) is 22.9 Å². The topological polar surface area (TPSA) is 16.1 Å². The van der Waals surface area contributed by atoms with E-state index in [-0.39, 0.29) is 0 Å². The number of piperidine rings is 1. The smallest absolute Gasteiger partial charge is 0.129 e. The molecule has 0 saturated carbocycles. The van der Waals surface area contributed by atoms with E-state index in [1.54, 1.807) is 0 Å². The van der Waals surface area contributed by atoms with Gasteiger partial charge in [-0.05, 0) is 37.0 Å². The van der Waals surface area contributed by atoms with Gasteiger partial charge >= 0.3 is 0 Å². The number of pyridine rings is 1. The monoisotopic (exact) mass is 175 g/mol. The SMILES string of the molecule is CC1CCCN(c2c[c]ccn2)C1. The maximum atomic E-state index is 4.33. The highest BCUT2D eigenvalue weighted by Gasteiger charge is 2.16. The zero-order valence-corrected chi connectivity index (χ0v) is 8.03. The minimum Gasteiger partial charge on any atom is -0.356 e. The highest BCUT2D eigenvalue weighted by Crippen LogP contribution is 2.20. The summed E-state index contributed by atoms with van der Waals surface area (Å²) in [6.07, 6.45) is 4.46. The molecule has 1 aliphatic rings. The van der Waals surface area contributed by atoms with Gasteiger partial charge in [-0.3, -0.25) is 0 Å². The molecule has 2 nitrogen and oxygen atoms in total. The molecule has 13 heavy (non-hydrogen) atoms. The van der Waals surface area contributed by atoms with E-state index < -0.39 is 0 Å². The minimum absolute atomic E-state index is 0.802. The molecule has 1 radical (unpaired) electrons. The summed E-state index contributed by atoms with van der Waals surface area (Å²) in [7, 11) is 0. The van der Waals surface area contributed by atoms with E-state index in [9.17, 15) is 0 Å². The normalized spacial score (nSPS) is 23.2. The Kier molecular flexibility index (Phi) is 2.48. The quantitative estimate of drug-likeness (QED) is 0.650. The first kappa shape index (κ1) is 8.54. The lowest BCUT2D eigenvalue weighted by Gasteiger charge is -2.31. The predicted octanol–water partition coefficient (Wildman–Crippen LogP) is 2.12. The molecule has 69 valence electrons. The van der Waals surface area contributed by atoms with Gasteiger partial charge < -0.3 is 4.90 Å². The van der Waals surface area contributed by atoms with Gasteiger partial charge in [0.1, 0.15) is 5.82 Å². The van der Waals surface area contributed by atoms with E-state index >= 15 is 0 Å². The van der Waals surface area contributed by atoms with Crippen molar-refractivity contribution in [3.8, 4) is 0 Å². The van der Waals surface area contributed by atoms with Crippen molar-refractivity contribution in [2.75, 3.05) is 18.0 Å². The number of anilines is 1. The second-order valence-electron chi connectivity index (χ2n) is 3.81. The van der Waals surface area contributed by atoms with Crippen molar-refractivity contribution in [3.63, 3.8) is 0 Å². The lowest BCUT2D eigenvalue weighted by atomic mass is 10.0. The fourth-order valence-corrected chi connectivity index (χ4v) is 1.89. The molecule has 1 aliphatic heterocycles. The first-order valence-corrected chi connectivity index (χ1v) is 4.93. The number of nitrogens with zero attached hydrogens (tertiary/aromatic N) is 2. The third-order valence-electron chi connectivity index (χ3n) is 2.57. The van der Waals surface area contributed by atoms with Gasteiger partial charge in [-0.2, -0.15) is 0 Å². The van der Waals surface area contributed by atoms with Crippen LogP contribution < -0.4 is 4.90 Å². The van der Waals surface area contributed by atoms with E-state index in [0.29, 0.717) is 0 Å². The standard InChI is InChI=1S/C11H15N2/c1-10-5-4-8-13(9-10)11-6-2-3-7-12-11/h3,6-7,10H,4-5,8-9H2,1H3. The van der Waals surface area contributed by atoms with E-state index in [1.165, 1.54) is 12.8 Å². The highest BCUT2D eigenvalue weighted by molar-refractivity contribution is 5.37. The van der Waals surface area contributed by atoms with Crippen LogP contribution in [0.3, 0.4) is 0 Å². The van der Waals surface area contributed by atoms with Crippen molar-refractivity contribution in [1.29, 1.82) is 0 Å². The summed E-state index contributed by atoms with van der Waals surface area (Å²) < 4.78 is 0. The van der Waals surface area contributed by atoms with Gasteiger partial charge in [0.15, 0.2) is 0 Å². The van der Waals surface area contributed by atoms with Gasteiger partial charge in [-0.1, -0.05) is 6.92 Å². The summed E-state index contributed by atoms with van der Waals surface area (Å²) in [6.45, 7) is 4.60. The fourth-order valence-electron chi connectivity index (χ4n) is 1.89. The largest absolute Gasteiger partial charge is 0.356 e. The van der Waals surface area contributed by atoms with Crippen LogP contribution in [0.15, 0.2) is 18.3 Å². The molecule has 0 bridgehead atoms. The fraction of sp³-hybridized carbons (Fsp3) is 0.545. The van der Waals surface area contributed by atoms with Crippen LogP contribution in [-0.4, -0.2) is 18.1 Å². The Morgan fingerprint density at radius 2 is 2.54 bits per heavy atom. The Bertz CT molecular complexity index is 258. The second-order valence-corrected chi connectivity index (χ2v) is 3.81. The van der Waals surface area contributed by atoms with Crippen LogP contribution >= 0.6 is 0 Å². The molecule has 1 saturated heterocycles. The zero-order chi connectivity index (χ0) is 9.10. The van der Waals surface area contributed by atoms with Crippen LogP contribution in [0, 0.1) is 12.0 Å². The predicted molar refractivity (Wildman–Crippen MR) is 53.7 cm³/mol. The van der Waals surface area contributed by atoms with Gasteiger partial charge in [0, 0.05) is 19.3 Å². The third kappa shape index (κ3) is 2.00. The summed E-state index contributed by atoms with van der Waals surface area (Å²) in [4.78, 5) is 6.68. The van der Waals surface area contributed by atoms with Crippen molar-refractivity contribution in [1.82, 2.24) is 4.98 Å². The lowest BCUT2D eigenvalue weighted by Crippen LogP contribution is -2.34. The van der Waals surface area contributed by atoms with Crippen LogP contribution in [0.5, 0.6) is 0 Å². The second kappa shape index (κ2) is 3.77. The molecule has 1 atom stereocenters. The molecule has 0 aliphatic carbocycles. The molecule has 0 N–H and O–H groups in total. The van der Waals surface area contributed by atoms with Crippen molar-refractivity contribution >= 4 is 5.82 Å². The van der Waals surface area contributed by atoms with Crippen molar-refractivity contribution in [3.05, 3.63) is 24.4 Å². The summed E-state index contributed by atoms with van der Waals surface area (Å²) in [5.74, 6) is 1.88. The van der Waals surface area contributed by atoms with Gasteiger partial charge in [0.05, 0.1) is 0 Å². The number of hydrogen-bond acceptors (Lipinski definition) is 2. The molecule has 1 aromatic heterocycles. The Morgan fingerprint density at radius 1 is 1.62 bits per heavy atom. The molecular weight excluding hydrogens is 160 g/mol. The van der Waals surface area contributed by atoms with E-state index in [4.69, 9.17) is 0 Å². The summed E-state index contributed by atoms with van der Waals surface area (Å²) in [5, 5.41) is 0. The average molecular weight is 175 g/mol. The Balaban J connectivity index is 2.08. The van der Waals surface area contributed by atoms with E-state index in [1.807, 2.05) is 18.3 Å². The van der Waals surface area contributed by atoms with Gasteiger partial charge in [0.2, 0.25) is 0 Å². The zero-order valence-electron chi connectivity index (χ0n) is 8.03. The molecule has 0 amide bonds. The molecule has 1 aromatic rings. The van der Waals surface area contributed by atoms with Crippen LogP contribution in [-0.2, 0) is 0 Å². The van der Waals surface area contributed by atoms with Gasteiger partial charge in [-0.25, -0.2) is 4.98 Å². The summed E-state index contributed by atoms with van der Waals surface area (Å²) in [6, 6.07) is 6.88. The van der Waals surface area contributed by atoms with Gasteiger partial charge in [0.25, 0.3) is 0 Å². The minimum atomic E-state index is 0.802. The third-order valence-corrected chi connectivity index (χ3v) is 2.57. The van der Waals surface area contributed by atoms with Crippen LogP contribution in [0.25, 0.3) is 0 Å². The Hall–Kier alpha value is -1.05. The van der Waals surface area contributed by atoms with E-state index in [0.717, 1.165) is 24.8 Å².